The fourth-order valence-electron chi connectivity index (χ4n) is 8.59. The molecule has 318 valence electrons. The van der Waals surface area contributed by atoms with E-state index in [1.807, 2.05) is 12.1 Å². The number of hydrogen-bond donors (Lipinski definition) is 0. The first kappa shape index (κ1) is 51.1. The molecule has 0 spiro atoms. The zero-order chi connectivity index (χ0) is 39.3. The highest BCUT2D eigenvalue weighted by atomic mass is 32.2. The summed E-state index contributed by atoms with van der Waals surface area (Å²) in [6, 6.07) is 6.93. The van der Waals surface area contributed by atoms with Gasteiger partial charge in [-0.15, -0.1) is 0 Å². The molecule has 0 unspecified atom stereocenters. The SMILES string of the molecule is CCCCCCCCCCCCCC[N+](CCCCCCCCCCCCCC)(CCCCCCCCCCCCCC)Cc1ccc(S(=O)(=O)[O-])cc1. The molecule has 0 aliphatic heterocycles. The molecule has 5 heteroatoms. The molecular weight excluding hydrogens is 683 g/mol. The van der Waals surface area contributed by atoms with Gasteiger partial charge < -0.3 is 9.04 Å². The van der Waals surface area contributed by atoms with Gasteiger partial charge in [0.2, 0.25) is 0 Å². The van der Waals surface area contributed by atoms with Gasteiger partial charge in [-0.2, -0.15) is 0 Å². The Labute approximate surface area is 339 Å². The molecule has 0 N–H and O–H groups in total. The van der Waals surface area contributed by atoms with Crippen LogP contribution in [0.1, 0.15) is 257 Å². The van der Waals surface area contributed by atoms with Crippen molar-refractivity contribution < 1.29 is 17.5 Å². The van der Waals surface area contributed by atoms with Crippen LogP contribution >= 0.6 is 0 Å². The number of nitrogens with zero attached hydrogens (tertiary/aromatic N) is 1. The van der Waals surface area contributed by atoms with E-state index in [2.05, 4.69) is 20.8 Å². The summed E-state index contributed by atoms with van der Waals surface area (Å²) in [5, 5.41) is 0. The van der Waals surface area contributed by atoms with Crippen LogP contribution in [0.25, 0.3) is 0 Å². The molecule has 54 heavy (non-hydrogen) atoms. The quantitative estimate of drug-likeness (QED) is 0.0377. The van der Waals surface area contributed by atoms with E-state index in [0.717, 1.165) is 11.0 Å². The Bertz CT molecular complexity index is 955. The van der Waals surface area contributed by atoms with Crippen LogP contribution in [-0.2, 0) is 16.7 Å². The average Bonchev–Trinajstić information content (AvgIpc) is 3.16. The molecule has 0 radical (unpaired) electrons. The van der Waals surface area contributed by atoms with Crippen molar-refractivity contribution in [1.29, 1.82) is 0 Å². The molecule has 0 aromatic heterocycles. The smallest absolute Gasteiger partial charge is 0.124 e. The van der Waals surface area contributed by atoms with Crippen LogP contribution in [0.5, 0.6) is 0 Å². The van der Waals surface area contributed by atoms with E-state index in [9.17, 15) is 13.0 Å². The lowest BCUT2D eigenvalue weighted by atomic mass is 10.0. The van der Waals surface area contributed by atoms with Crippen LogP contribution < -0.4 is 0 Å². The summed E-state index contributed by atoms with van der Waals surface area (Å²) in [6.07, 6.45) is 49.5. The topological polar surface area (TPSA) is 57.2 Å². The van der Waals surface area contributed by atoms with Crippen molar-refractivity contribution in [2.24, 2.45) is 0 Å². The van der Waals surface area contributed by atoms with Crippen molar-refractivity contribution in [2.75, 3.05) is 19.6 Å². The highest BCUT2D eigenvalue weighted by Gasteiger charge is 2.27. The predicted molar refractivity (Wildman–Crippen MR) is 236 cm³/mol. The molecule has 0 fully saturated rings. The summed E-state index contributed by atoms with van der Waals surface area (Å²) in [5.41, 5.74) is 1.18. The minimum Gasteiger partial charge on any atom is -0.744 e. The molecule has 0 atom stereocenters. The number of quaternary nitrogens is 1. The van der Waals surface area contributed by atoms with Gasteiger partial charge in [0.25, 0.3) is 0 Å². The first-order valence-electron chi connectivity index (χ1n) is 24.3. The third kappa shape index (κ3) is 30.3. The minimum atomic E-state index is -4.42. The van der Waals surface area contributed by atoms with Crippen LogP contribution in [0.4, 0.5) is 0 Å². The van der Waals surface area contributed by atoms with E-state index >= 15 is 0 Å². The fraction of sp³-hybridized carbons (Fsp3) is 0.878. The van der Waals surface area contributed by atoms with Crippen molar-refractivity contribution in [3.8, 4) is 0 Å². The highest BCUT2D eigenvalue weighted by molar-refractivity contribution is 7.85. The Balaban J connectivity index is 2.73. The fourth-order valence-corrected chi connectivity index (χ4v) is 9.06. The molecule has 0 bridgehead atoms. The normalized spacial score (nSPS) is 12.2. The first-order valence-corrected chi connectivity index (χ1v) is 25.7. The zero-order valence-corrected chi connectivity index (χ0v) is 37.5. The third-order valence-electron chi connectivity index (χ3n) is 12.2. The van der Waals surface area contributed by atoms with E-state index in [0.29, 0.717) is 0 Å². The molecule has 0 saturated carbocycles. The van der Waals surface area contributed by atoms with Crippen LogP contribution in [0.3, 0.4) is 0 Å². The molecule has 0 amide bonds. The van der Waals surface area contributed by atoms with Gasteiger partial charge in [-0.3, -0.25) is 0 Å². The lowest BCUT2D eigenvalue weighted by Gasteiger charge is -2.39. The summed E-state index contributed by atoms with van der Waals surface area (Å²) < 4.78 is 36.2. The Morgan fingerprint density at radius 1 is 0.370 bits per heavy atom. The van der Waals surface area contributed by atoms with Crippen molar-refractivity contribution in [2.45, 2.75) is 263 Å². The van der Waals surface area contributed by atoms with Crippen LogP contribution in [0.2, 0.25) is 0 Å². The van der Waals surface area contributed by atoms with E-state index in [1.54, 1.807) is 12.1 Å². The van der Waals surface area contributed by atoms with Gasteiger partial charge in [-0.1, -0.05) is 226 Å². The summed E-state index contributed by atoms with van der Waals surface area (Å²) in [7, 11) is -4.42. The second-order valence-electron chi connectivity index (χ2n) is 17.4. The van der Waals surface area contributed by atoms with Crippen LogP contribution in [0.15, 0.2) is 29.2 Å². The van der Waals surface area contributed by atoms with Gasteiger partial charge >= 0.3 is 0 Å². The lowest BCUT2D eigenvalue weighted by molar-refractivity contribution is -0.941. The summed E-state index contributed by atoms with van der Waals surface area (Å²) >= 11 is 0. The minimum absolute atomic E-state index is 0.104. The Morgan fingerprint density at radius 3 is 0.815 bits per heavy atom. The predicted octanol–water partition coefficient (Wildman–Crippen LogP) is 16.0. The second-order valence-corrected chi connectivity index (χ2v) is 18.8. The highest BCUT2D eigenvalue weighted by Crippen LogP contribution is 2.24. The van der Waals surface area contributed by atoms with Crippen molar-refractivity contribution in [3.63, 3.8) is 0 Å². The molecule has 0 heterocycles. The van der Waals surface area contributed by atoms with E-state index < -0.39 is 10.1 Å². The van der Waals surface area contributed by atoms with Gasteiger partial charge in [0.15, 0.2) is 0 Å². The molecule has 0 aliphatic carbocycles. The van der Waals surface area contributed by atoms with Gasteiger partial charge in [0.05, 0.1) is 24.5 Å². The molecule has 1 aromatic carbocycles. The zero-order valence-electron chi connectivity index (χ0n) is 36.7. The third-order valence-corrected chi connectivity index (χ3v) is 13.0. The van der Waals surface area contributed by atoms with Crippen molar-refractivity contribution in [3.05, 3.63) is 29.8 Å². The maximum atomic E-state index is 11.7. The lowest BCUT2D eigenvalue weighted by Crippen LogP contribution is -2.49. The summed E-state index contributed by atoms with van der Waals surface area (Å²) in [5.74, 6) is 0. The largest absolute Gasteiger partial charge is 0.744 e. The Kier molecular flexibility index (Phi) is 34.5. The first-order chi connectivity index (χ1) is 26.4. The molecule has 0 aliphatic rings. The summed E-state index contributed by atoms with van der Waals surface area (Å²) in [4.78, 5) is -0.104. The number of hydrogen-bond acceptors (Lipinski definition) is 3. The van der Waals surface area contributed by atoms with E-state index in [4.69, 9.17) is 0 Å². The molecular formula is C49H93NO3S. The molecule has 1 rings (SSSR count). The average molecular weight is 776 g/mol. The standard InChI is InChI=1S/C49H93NO3S/c1-4-7-10-13-16-19-22-25-28-31-34-37-44-50(47-48-40-42-49(43-41-48)54(51,52)53,45-38-35-32-29-26-23-20-17-14-11-8-5-2)46-39-36-33-30-27-24-21-18-15-12-9-6-3/h40-43H,4-39,44-47H2,1-3H3. The molecule has 4 nitrogen and oxygen atoms in total. The maximum Gasteiger partial charge on any atom is 0.124 e. The molecule has 1 aromatic rings. The Morgan fingerprint density at radius 2 is 0.593 bits per heavy atom. The number of benzene rings is 1. The van der Waals surface area contributed by atoms with Crippen molar-refractivity contribution in [1.82, 2.24) is 0 Å². The van der Waals surface area contributed by atoms with Gasteiger partial charge in [-0.25, -0.2) is 8.42 Å². The van der Waals surface area contributed by atoms with Gasteiger partial charge in [0.1, 0.15) is 16.7 Å². The maximum absolute atomic E-state index is 11.7. The van der Waals surface area contributed by atoms with E-state index in [1.165, 1.54) is 256 Å². The van der Waals surface area contributed by atoms with E-state index in [-0.39, 0.29) is 4.90 Å². The van der Waals surface area contributed by atoms with Crippen LogP contribution in [0, 0.1) is 0 Å². The Hall–Kier alpha value is -0.910. The number of rotatable bonds is 42. The van der Waals surface area contributed by atoms with Crippen molar-refractivity contribution >= 4 is 10.1 Å². The second kappa shape index (κ2) is 36.4. The number of unbranched alkanes of at least 4 members (excludes halogenated alkanes) is 33. The van der Waals surface area contributed by atoms with Gasteiger partial charge in [-0.05, 0) is 50.7 Å². The summed E-state index contributed by atoms with van der Waals surface area (Å²) in [6.45, 7) is 11.5. The van der Waals surface area contributed by atoms with Gasteiger partial charge in [0, 0.05) is 5.56 Å². The monoisotopic (exact) mass is 776 g/mol. The van der Waals surface area contributed by atoms with Crippen LogP contribution in [-0.4, -0.2) is 37.1 Å². The molecule has 0 saturated heterocycles.